The van der Waals surface area contributed by atoms with Gasteiger partial charge >= 0.3 is 0 Å². The molecule has 0 unspecified atom stereocenters. The van der Waals surface area contributed by atoms with Crippen molar-refractivity contribution in [3.05, 3.63) is 102 Å². The predicted octanol–water partition coefficient (Wildman–Crippen LogP) is 5.76. The van der Waals surface area contributed by atoms with E-state index < -0.39 is 0 Å². The summed E-state index contributed by atoms with van der Waals surface area (Å²) in [6.07, 6.45) is 0.395. The predicted molar refractivity (Wildman–Crippen MR) is 113 cm³/mol. The fourth-order valence-corrected chi connectivity index (χ4v) is 3.28. The lowest BCUT2D eigenvalue weighted by atomic mass is 9.85. The maximum atomic E-state index is 13.3. The van der Waals surface area contributed by atoms with Crippen molar-refractivity contribution in [3.63, 3.8) is 0 Å². The monoisotopic (exact) mass is 357 g/mol. The first-order chi connectivity index (χ1) is 12.9. The topological polar surface area (TPSA) is 20.3 Å². The lowest BCUT2D eigenvalue weighted by Crippen LogP contribution is -2.33. The molecular weight excluding hydrogens is 330 g/mol. The van der Waals surface area contributed by atoms with Gasteiger partial charge < -0.3 is 4.90 Å². The van der Waals surface area contributed by atoms with Gasteiger partial charge in [-0.15, -0.1) is 0 Å². The third kappa shape index (κ3) is 4.85. The number of rotatable bonds is 5. The molecule has 2 nitrogen and oxygen atoms in total. The van der Waals surface area contributed by atoms with Crippen LogP contribution in [0.3, 0.4) is 0 Å². The van der Waals surface area contributed by atoms with Gasteiger partial charge in [0.25, 0.3) is 0 Å². The number of anilines is 1. The van der Waals surface area contributed by atoms with E-state index in [0.29, 0.717) is 13.0 Å². The van der Waals surface area contributed by atoms with Crippen LogP contribution in [-0.4, -0.2) is 5.91 Å². The van der Waals surface area contributed by atoms with Gasteiger partial charge in [0.2, 0.25) is 5.91 Å². The van der Waals surface area contributed by atoms with Gasteiger partial charge in [0.1, 0.15) is 0 Å². The smallest absolute Gasteiger partial charge is 0.231 e. The highest BCUT2D eigenvalue weighted by atomic mass is 16.2. The molecule has 0 saturated heterocycles. The van der Waals surface area contributed by atoms with Crippen molar-refractivity contribution >= 4 is 11.6 Å². The quantitative estimate of drug-likeness (QED) is 0.568. The second kappa shape index (κ2) is 8.22. The number of para-hydroxylation sites is 1. The SMILES string of the molecule is CC(C)(C)c1ccccc1N(Cc1ccccc1)C(=O)Cc1ccccc1. The van der Waals surface area contributed by atoms with Crippen LogP contribution in [-0.2, 0) is 23.2 Å². The van der Waals surface area contributed by atoms with Crippen LogP contribution in [0.25, 0.3) is 0 Å². The zero-order chi connectivity index (χ0) is 19.3. The van der Waals surface area contributed by atoms with Crippen LogP contribution < -0.4 is 4.90 Å². The van der Waals surface area contributed by atoms with E-state index >= 15 is 0 Å². The van der Waals surface area contributed by atoms with Crippen molar-refractivity contribution in [1.29, 1.82) is 0 Å². The Hall–Kier alpha value is -2.87. The highest BCUT2D eigenvalue weighted by Gasteiger charge is 2.24. The normalized spacial score (nSPS) is 11.2. The summed E-state index contributed by atoms with van der Waals surface area (Å²) in [6.45, 7) is 7.14. The molecule has 0 atom stereocenters. The first-order valence-corrected chi connectivity index (χ1v) is 9.43. The standard InChI is InChI=1S/C25H27NO/c1-25(2,3)22-16-10-11-17-23(22)26(19-21-14-8-5-9-15-21)24(27)18-20-12-6-4-7-13-20/h4-17H,18-19H2,1-3H3. The van der Waals surface area contributed by atoms with Gasteiger partial charge in [-0.25, -0.2) is 0 Å². The minimum atomic E-state index is -0.0431. The number of carbonyl (C=O) groups is 1. The molecule has 0 aromatic heterocycles. The average Bonchev–Trinajstić information content (AvgIpc) is 2.67. The van der Waals surface area contributed by atoms with E-state index in [4.69, 9.17) is 0 Å². The highest BCUT2D eigenvalue weighted by molar-refractivity contribution is 5.95. The summed E-state index contributed by atoms with van der Waals surface area (Å²) in [4.78, 5) is 15.3. The summed E-state index contributed by atoms with van der Waals surface area (Å²) in [5.74, 6) is 0.113. The van der Waals surface area contributed by atoms with Crippen LogP contribution in [0.5, 0.6) is 0 Å². The Kier molecular flexibility index (Phi) is 5.75. The van der Waals surface area contributed by atoms with Gasteiger partial charge in [-0.2, -0.15) is 0 Å². The Morgan fingerprint density at radius 1 is 0.741 bits per heavy atom. The fourth-order valence-electron chi connectivity index (χ4n) is 3.28. The maximum absolute atomic E-state index is 13.3. The Bertz CT molecular complexity index is 879. The minimum Gasteiger partial charge on any atom is -0.307 e. The van der Waals surface area contributed by atoms with Crippen LogP contribution in [0.2, 0.25) is 0 Å². The Morgan fingerprint density at radius 2 is 1.26 bits per heavy atom. The third-order valence-corrected chi connectivity index (χ3v) is 4.69. The first-order valence-electron chi connectivity index (χ1n) is 9.43. The van der Waals surface area contributed by atoms with Crippen molar-refractivity contribution in [1.82, 2.24) is 0 Å². The molecule has 0 bridgehead atoms. The minimum absolute atomic E-state index is 0.0431. The summed E-state index contributed by atoms with van der Waals surface area (Å²) < 4.78 is 0. The highest BCUT2D eigenvalue weighted by Crippen LogP contribution is 2.33. The molecule has 138 valence electrons. The fraction of sp³-hybridized carbons (Fsp3) is 0.240. The molecule has 3 rings (SSSR count). The van der Waals surface area contributed by atoms with Crippen molar-refractivity contribution in [3.8, 4) is 0 Å². The van der Waals surface area contributed by atoms with Gasteiger partial charge in [0.15, 0.2) is 0 Å². The summed E-state index contributed by atoms with van der Waals surface area (Å²) >= 11 is 0. The van der Waals surface area contributed by atoms with E-state index in [9.17, 15) is 4.79 Å². The molecule has 0 aliphatic heterocycles. The Labute approximate surface area is 162 Å². The third-order valence-electron chi connectivity index (χ3n) is 4.69. The first kappa shape index (κ1) is 18.9. The average molecular weight is 357 g/mol. The molecule has 3 aromatic carbocycles. The van der Waals surface area contributed by atoms with Gasteiger partial charge in [-0.05, 0) is 28.2 Å². The largest absolute Gasteiger partial charge is 0.307 e. The number of hydrogen-bond donors (Lipinski definition) is 0. The molecular formula is C25H27NO. The number of hydrogen-bond acceptors (Lipinski definition) is 1. The van der Waals surface area contributed by atoms with E-state index in [1.54, 1.807) is 0 Å². The van der Waals surface area contributed by atoms with Gasteiger partial charge in [0.05, 0.1) is 13.0 Å². The summed E-state index contributed by atoms with van der Waals surface area (Å²) in [6, 6.07) is 28.4. The molecule has 27 heavy (non-hydrogen) atoms. The number of nitrogens with zero attached hydrogens (tertiary/aromatic N) is 1. The lowest BCUT2D eigenvalue weighted by Gasteiger charge is -2.30. The summed E-state index contributed by atoms with van der Waals surface area (Å²) in [7, 11) is 0. The van der Waals surface area contributed by atoms with E-state index in [-0.39, 0.29) is 11.3 Å². The van der Waals surface area contributed by atoms with Gasteiger partial charge in [-0.1, -0.05) is 99.6 Å². The Balaban J connectivity index is 1.99. The van der Waals surface area contributed by atoms with E-state index in [2.05, 4.69) is 45.0 Å². The van der Waals surface area contributed by atoms with Gasteiger partial charge in [-0.3, -0.25) is 4.79 Å². The van der Waals surface area contributed by atoms with Crippen LogP contribution in [0.1, 0.15) is 37.5 Å². The molecule has 0 aliphatic rings. The zero-order valence-electron chi connectivity index (χ0n) is 16.4. The Morgan fingerprint density at radius 3 is 1.85 bits per heavy atom. The molecule has 1 amide bonds. The second-order valence-corrected chi connectivity index (χ2v) is 7.90. The van der Waals surface area contributed by atoms with E-state index in [0.717, 1.165) is 16.8 Å². The lowest BCUT2D eigenvalue weighted by molar-refractivity contribution is -0.118. The molecule has 0 saturated carbocycles. The number of carbonyl (C=O) groups excluding carboxylic acids is 1. The molecule has 2 heteroatoms. The van der Waals surface area contributed by atoms with Crippen molar-refractivity contribution in [2.24, 2.45) is 0 Å². The maximum Gasteiger partial charge on any atom is 0.231 e. The molecule has 3 aromatic rings. The molecule has 0 radical (unpaired) electrons. The molecule has 0 N–H and O–H groups in total. The summed E-state index contributed by atoms with van der Waals surface area (Å²) in [5, 5.41) is 0. The molecule has 0 aliphatic carbocycles. The van der Waals surface area contributed by atoms with E-state index in [1.807, 2.05) is 65.6 Å². The van der Waals surface area contributed by atoms with Crippen LogP contribution in [0.4, 0.5) is 5.69 Å². The van der Waals surface area contributed by atoms with Gasteiger partial charge in [0, 0.05) is 5.69 Å². The second-order valence-electron chi connectivity index (χ2n) is 7.90. The zero-order valence-corrected chi connectivity index (χ0v) is 16.4. The van der Waals surface area contributed by atoms with Crippen molar-refractivity contribution in [2.75, 3.05) is 4.90 Å². The number of benzene rings is 3. The van der Waals surface area contributed by atoms with Crippen LogP contribution in [0, 0.1) is 0 Å². The van der Waals surface area contributed by atoms with Crippen LogP contribution in [0.15, 0.2) is 84.9 Å². The van der Waals surface area contributed by atoms with Crippen LogP contribution >= 0.6 is 0 Å². The van der Waals surface area contributed by atoms with Crippen molar-refractivity contribution < 1.29 is 4.79 Å². The van der Waals surface area contributed by atoms with Crippen molar-refractivity contribution in [2.45, 2.75) is 39.2 Å². The molecule has 0 spiro atoms. The number of amides is 1. The molecule has 0 fully saturated rings. The summed E-state index contributed by atoms with van der Waals surface area (Å²) in [5.41, 5.74) is 4.30. The van der Waals surface area contributed by atoms with E-state index in [1.165, 1.54) is 5.56 Å². The molecule has 0 heterocycles.